The number of nitrogens with zero attached hydrogens (tertiary/aromatic N) is 1. The van der Waals surface area contributed by atoms with Gasteiger partial charge in [-0.05, 0) is 24.3 Å². The van der Waals surface area contributed by atoms with E-state index < -0.39 is 0 Å². The predicted octanol–water partition coefficient (Wildman–Crippen LogP) is 3.74. The quantitative estimate of drug-likeness (QED) is 0.566. The molecule has 0 radical (unpaired) electrons. The molecule has 3 heteroatoms. The van der Waals surface area contributed by atoms with Crippen molar-refractivity contribution in [1.82, 2.24) is 4.98 Å². The third-order valence-corrected chi connectivity index (χ3v) is 3.60. The molecule has 2 aromatic heterocycles. The van der Waals surface area contributed by atoms with Gasteiger partial charge in [-0.15, -0.1) is 24.0 Å². The summed E-state index contributed by atoms with van der Waals surface area (Å²) in [7, 11) is 0. The molecule has 0 N–H and O–H groups in total. The largest absolute Gasteiger partial charge is 0.255 e. The molecule has 0 bridgehead atoms. The van der Waals surface area contributed by atoms with Crippen molar-refractivity contribution < 1.29 is 0 Å². The lowest BCUT2D eigenvalue weighted by Crippen LogP contribution is -1.71. The Morgan fingerprint density at radius 1 is 1.14 bits per heavy atom. The first kappa shape index (κ1) is 8.26. The molecule has 3 rings (SSSR count). The second-order valence-corrected chi connectivity index (χ2v) is 4.73. The Labute approximate surface area is 90.8 Å². The molecule has 0 fully saturated rings. The maximum Gasteiger partial charge on any atom is 0.0888 e. The Hall–Kier alpha value is -1.06. The van der Waals surface area contributed by atoms with E-state index in [0.717, 1.165) is 10.4 Å². The van der Waals surface area contributed by atoms with Crippen LogP contribution in [0.2, 0.25) is 0 Å². The van der Waals surface area contributed by atoms with Gasteiger partial charge in [0.1, 0.15) is 0 Å². The van der Waals surface area contributed by atoms with E-state index in [9.17, 15) is 0 Å². The van der Waals surface area contributed by atoms with Gasteiger partial charge in [0.2, 0.25) is 0 Å². The first-order chi connectivity index (χ1) is 6.84. The Morgan fingerprint density at radius 3 is 3.00 bits per heavy atom. The summed E-state index contributed by atoms with van der Waals surface area (Å²) in [6.45, 7) is 0. The fourth-order valence-corrected chi connectivity index (χ4v) is 2.98. The molecule has 0 saturated heterocycles. The first-order valence-corrected chi connectivity index (χ1v) is 5.57. The van der Waals surface area contributed by atoms with E-state index in [-0.39, 0.29) is 0 Å². The summed E-state index contributed by atoms with van der Waals surface area (Å²) in [5, 5.41) is 1.23. The van der Waals surface area contributed by atoms with Crippen molar-refractivity contribution in [2.24, 2.45) is 0 Å². The van der Waals surface area contributed by atoms with Crippen LogP contribution in [-0.4, -0.2) is 4.98 Å². The van der Waals surface area contributed by atoms with E-state index in [1.165, 1.54) is 14.8 Å². The summed E-state index contributed by atoms with van der Waals surface area (Å²) in [6, 6.07) is 10.3. The number of rotatable bonds is 0. The minimum Gasteiger partial charge on any atom is -0.255 e. The van der Waals surface area contributed by atoms with Crippen molar-refractivity contribution in [2.75, 3.05) is 0 Å². The average molecular weight is 217 g/mol. The van der Waals surface area contributed by atoms with Gasteiger partial charge in [-0.1, -0.05) is 6.07 Å². The smallest absolute Gasteiger partial charge is 0.0888 e. The normalized spacial score (nSPS) is 11.2. The Bertz CT molecular complexity index is 613. The molecule has 2 heterocycles. The summed E-state index contributed by atoms with van der Waals surface area (Å²) in [5.41, 5.74) is 1.10. The number of aromatic nitrogens is 1. The average Bonchev–Trinajstić information content (AvgIpc) is 2.54. The highest BCUT2D eigenvalue weighted by Crippen LogP contribution is 2.33. The molecule has 14 heavy (non-hydrogen) atoms. The minimum atomic E-state index is 1.00. The van der Waals surface area contributed by atoms with Crippen LogP contribution >= 0.6 is 24.0 Å². The third-order valence-electron chi connectivity index (χ3n) is 2.21. The first-order valence-electron chi connectivity index (χ1n) is 4.31. The van der Waals surface area contributed by atoms with Crippen molar-refractivity contribution >= 4 is 44.3 Å². The summed E-state index contributed by atoms with van der Waals surface area (Å²) in [5.74, 6) is 0. The number of thiol groups is 1. The third kappa shape index (κ3) is 1.13. The molecule has 3 aromatic rings. The number of hydrogen-bond acceptors (Lipinski definition) is 3. The standard InChI is InChI=1S/C11H7NS2/c13-7-3-4-8-10(6-7)14-9-2-1-5-12-11(8)9/h1-6,13H. The molecule has 0 aliphatic carbocycles. The summed E-state index contributed by atoms with van der Waals surface area (Å²) in [4.78, 5) is 5.39. The van der Waals surface area contributed by atoms with Gasteiger partial charge in [0.25, 0.3) is 0 Å². The van der Waals surface area contributed by atoms with Crippen LogP contribution in [0.5, 0.6) is 0 Å². The Morgan fingerprint density at radius 2 is 2.07 bits per heavy atom. The SMILES string of the molecule is Sc1ccc2c(c1)sc1cccnc12. The Balaban J connectivity index is 2.57. The van der Waals surface area contributed by atoms with E-state index in [1.807, 2.05) is 18.3 Å². The zero-order valence-electron chi connectivity index (χ0n) is 7.27. The molecule has 68 valence electrons. The molecule has 0 spiro atoms. The minimum absolute atomic E-state index is 1.00. The van der Waals surface area contributed by atoms with Gasteiger partial charge in [0.05, 0.1) is 10.2 Å². The lowest BCUT2D eigenvalue weighted by atomic mass is 10.2. The lowest BCUT2D eigenvalue weighted by molar-refractivity contribution is 1.44. The lowest BCUT2D eigenvalue weighted by Gasteiger charge is -1.91. The molecule has 1 nitrogen and oxygen atoms in total. The maximum absolute atomic E-state index is 4.38. The van der Waals surface area contributed by atoms with Crippen molar-refractivity contribution in [3.8, 4) is 0 Å². The number of hydrogen-bond donors (Lipinski definition) is 1. The summed E-state index contributed by atoms with van der Waals surface area (Å²) < 4.78 is 2.49. The fraction of sp³-hybridized carbons (Fsp3) is 0. The predicted molar refractivity (Wildman–Crippen MR) is 64.4 cm³/mol. The van der Waals surface area contributed by atoms with E-state index in [2.05, 4.69) is 35.8 Å². The van der Waals surface area contributed by atoms with Gasteiger partial charge in [0.15, 0.2) is 0 Å². The number of pyridine rings is 1. The molecular formula is C11H7NS2. The molecule has 0 unspecified atom stereocenters. The molecule has 1 aromatic carbocycles. The van der Waals surface area contributed by atoms with Crippen LogP contribution in [0.1, 0.15) is 0 Å². The molecule has 0 aliphatic rings. The van der Waals surface area contributed by atoms with Crippen LogP contribution in [0.15, 0.2) is 41.4 Å². The van der Waals surface area contributed by atoms with E-state index in [4.69, 9.17) is 0 Å². The van der Waals surface area contributed by atoms with E-state index in [1.54, 1.807) is 11.3 Å². The highest BCUT2D eigenvalue weighted by atomic mass is 32.1. The van der Waals surface area contributed by atoms with Crippen LogP contribution in [0.4, 0.5) is 0 Å². The van der Waals surface area contributed by atoms with Gasteiger partial charge in [0, 0.05) is 21.2 Å². The van der Waals surface area contributed by atoms with E-state index >= 15 is 0 Å². The van der Waals surface area contributed by atoms with Crippen LogP contribution in [0.25, 0.3) is 20.3 Å². The van der Waals surface area contributed by atoms with Crippen LogP contribution in [-0.2, 0) is 0 Å². The van der Waals surface area contributed by atoms with Crippen LogP contribution in [0, 0.1) is 0 Å². The van der Waals surface area contributed by atoms with E-state index in [0.29, 0.717) is 0 Å². The number of benzene rings is 1. The second kappa shape index (κ2) is 2.97. The molecule has 0 aliphatic heterocycles. The monoisotopic (exact) mass is 217 g/mol. The Kier molecular flexibility index (Phi) is 1.75. The molecule has 0 atom stereocenters. The van der Waals surface area contributed by atoms with Crippen molar-refractivity contribution in [1.29, 1.82) is 0 Å². The number of fused-ring (bicyclic) bond motifs is 3. The van der Waals surface area contributed by atoms with Gasteiger partial charge in [-0.25, -0.2) is 0 Å². The van der Waals surface area contributed by atoms with Gasteiger partial charge in [-0.3, -0.25) is 4.98 Å². The van der Waals surface area contributed by atoms with Crippen molar-refractivity contribution in [2.45, 2.75) is 4.90 Å². The number of thiophene rings is 1. The summed E-state index contributed by atoms with van der Waals surface area (Å²) >= 11 is 6.09. The van der Waals surface area contributed by atoms with Gasteiger partial charge in [-0.2, -0.15) is 0 Å². The fourth-order valence-electron chi connectivity index (χ4n) is 1.58. The van der Waals surface area contributed by atoms with Crippen LogP contribution in [0.3, 0.4) is 0 Å². The highest BCUT2D eigenvalue weighted by Gasteiger charge is 2.04. The van der Waals surface area contributed by atoms with Crippen LogP contribution < -0.4 is 0 Å². The molecular weight excluding hydrogens is 210 g/mol. The molecule has 0 amide bonds. The highest BCUT2D eigenvalue weighted by molar-refractivity contribution is 7.80. The van der Waals surface area contributed by atoms with Gasteiger partial charge < -0.3 is 0 Å². The van der Waals surface area contributed by atoms with Crippen molar-refractivity contribution in [3.63, 3.8) is 0 Å². The molecule has 0 saturated carbocycles. The van der Waals surface area contributed by atoms with Gasteiger partial charge >= 0.3 is 0 Å². The topological polar surface area (TPSA) is 12.9 Å². The zero-order valence-corrected chi connectivity index (χ0v) is 8.98. The summed E-state index contributed by atoms with van der Waals surface area (Å²) in [6.07, 6.45) is 1.84. The maximum atomic E-state index is 4.38. The second-order valence-electron chi connectivity index (χ2n) is 3.13. The van der Waals surface area contributed by atoms with Crippen molar-refractivity contribution in [3.05, 3.63) is 36.5 Å². The zero-order chi connectivity index (χ0) is 9.54.